The van der Waals surface area contributed by atoms with Gasteiger partial charge in [0.05, 0.1) is 11.4 Å². The first-order chi connectivity index (χ1) is 9.06. The van der Waals surface area contributed by atoms with Gasteiger partial charge in [0.2, 0.25) is 5.91 Å². The molecule has 0 fully saturated rings. The Kier molecular flexibility index (Phi) is 3.99. The molecule has 102 valence electrons. The van der Waals surface area contributed by atoms with Gasteiger partial charge in [-0.2, -0.15) is 0 Å². The average Bonchev–Trinajstić information content (AvgIpc) is 2.74. The Hall–Kier alpha value is -1.69. The molecule has 4 nitrogen and oxygen atoms in total. The topological polar surface area (TPSA) is 46.9 Å². The number of nitrogens with zero attached hydrogens (tertiary/aromatic N) is 2. The molecule has 1 amide bonds. The predicted molar refractivity (Wildman–Crippen MR) is 67.9 cm³/mol. The molecule has 0 spiro atoms. The van der Waals surface area contributed by atoms with E-state index in [2.05, 4.69) is 10.3 Å². The maximum Gasteiger partial charge on any atom is 0.221 e. The Morgan fingerprint density at radius 1 is 1.47 bits per heavy atom. The number of halogens is 3. The molecule has 2 rings (SSSR count). The number of fused-ring (bicyclic) bond motifs is 1. The molecular weight excluding hydrogens is 276 g/mol. The molecule has 0 saturated heterocycles. The highest BCUT2D eigenvalue weighted by Gasteiger charge is 2.15. The largest absolute Gasteiger partial charge is 0.359 e. The van der Waals surface area contributed by atoms with Gasteiger partial charge >= 0.3 is 0 Å². The van der Waals surface area contributed by atoms with Crippen molar-refractivity contribution in [1.82, 2.24) is 14.9 Å². The second-order valence-electron chi connectivity index (χ2n) is 3.99. The number of rotatable bonds is 4. The summed E-state index contributed by atoms with van der Waals surface area (Å²) in [6.07, 6.45) is 0.185. The summed E-state index contributed by atoms with van der Waals surface area (Å²) in [5.74, 6) is -1.12. The van der Waals surface area contributed by atoms with E-state index in [1.807, 2.05) is 0 Å². The highest BCUT2D eigenvalue weighted by Crippen LogP contribution is 2.22. The van der Waals surface area contributed by atoms with Crippen molar-refractivity contribution in [2.75, 3.05) is 7.05 Å². The summed E-state index contributed by atoms with van der Waals surface area (Å²) in [6, 6.07) is 1.96. The summed E-state index contributed by atoms with van der Waals surface area (Å²) in [4.78, 5) is 15.3. The van der Waals surface area contributed by atoms with E-state index >= 15 is 0 Å². The van der Waals surface area contributed by atoms with Gasteiger partial charge in [0.1, 0.15) is 17.2 Å². The maximum atomic E-state index is 13.6. The lowest BCUT2D eigenvalue weighted by atomic mass is 10.3. The molecule has 0 bridgehead atoms. The SMILES string of the molecule is CNC(=O)CCn1c(CCl)nc2c(F)cc(F)cc21. The molecule has 1 heterocycles. The smallest absolute Gasteiger partial charge is 0.221 e. The van der Waals surface area contributed by atoms with E-state index in [0.29, 0.717) is 11.3 Å². The van der Waals surface area contributed by atoms with E-state index in [1.54, 1.807) is 4.57 Å². The van der Waals surface area contributed by atoms with Crippen molar-refractivity contribution >= 4 is 28.5 Å². The van der Waals surface area contributed by atoms with Crippen LogP contribution in [0.4, 0.5) is 8.78 Å². The summed E-state index contributed by atoms with van der Waals surface area (Å²) >= 11 is 5.74. The Morgan fingerprint density at radius 2 is 2.21 bits per heavy atom. The van der Waals surface area contributed by atoms with Crippen LogP contribution in [-0.4, -0.2) is 22.5 Å². The molecule has 1 aromatic heterocycles. The predicted octanol–water partition coefficient (Wildman–Crippen LogP) is 2.19. The lowest BCUT2D eigenvalue weighted by molar-refractivity contribution is -0.120. The molecule has 0 aliphatic rings. The van der Waals surface area contributed by atoms with Gasteiger partial charge in [-0.3, -0.25) is 4.79 Å². The first-order valence-electron chi connectivity index (χ1n) is 5.67. The van der Waals surface area contributed by atoms with E-state index in [0.717, 1.165) is 6.07 Å². The Bertz CT molecular complexity index is 627. The first-order valence-corrected chi connectivity index (χ1v) is 6.21. The van der Waals surface area contributed by atoms with Gasteiger partial charge in [0.15, 0.2) is 5.82 Å². The van der Waals surface area contributed by atoms with Crippen molar-refractivity contribution in [2.24, 2.45) is 0 Å². The van der Waals surface area contributed by atoms with Crippen LogP contribution in [0.1, 0.15) is 12.2 Å². The fourth-order valence-corrected chi connectivity index (χ4v) is 2.09. The Balaban J connectivity index is 2.47. The quantitative estimate of drug-likeness (QED) is 0.876. The van der Waals surface area contributed by atoms with Crippen LogP contribution in [0.2, 0.25) is 0 Å². The van der Waals surface area contributed by atoms with Gasteiger partial charge in [0, 0.05) is 26.1 Å². The molecule has 7 heteroatoms. The second-order valence-corrected chi connectivity index (χ2v) is 4.26. The molecule has 1 N–H and O–H groups in total. The fourth-order valence-electron chi connectivity index (χ4n) is 1.89. The highest BCUT2D eigenvalue weighted by molar-refractivity contribution is 6.16. The maximum absolute atomic E-state index is 13.6. The highest BCUT2D eigenvalue weighted by atomic mass is 35.5. The molecule has 0 aliphatic carbocycles. The number of amides is 1. The molecule has 1 aromatic carbocycles. The van der Waals surface area contributed by atoms with Crippen LogP contribution in [-0.2, 0) is 17.2 Å². The van der Waals surface area contributed by atoms with Crippen LogP contribution in [0.5, 0.6) is 0 Å². The van der Waals surface area contributed by atoms with Crippen molar-refractivity contribution < 1.29 is 13.6 Å². The van der Waals surface area contributed by atoms with Crippen LogP contribution in [0.25, 0.3) is 11.0 Å². The zero-order valence-corrected chi connectivity index (χ0v) is 11.0. The van der Waals surface area contributed by atoms with Crippen LogP contribution < -0.4 is 5.32 Å². The minimum atomic E-state index is -0.736. The summed E-state index contributed by atoms with van der Waals surface area (Å²) in [5, 5.41) is 2.48. The molecule has 0 atom stereocenters. The van der Waals surface area contributed by atoms with Gasteiger partial charge in [-0.25, -0.2) is 13.8 Å². The van der Waals surface area contributed by atoms with E-state index in [9.17, 15) is 13.6 Å². The minimum absolute atomic E-state index is 0.0590. The molecule has 0 aliphatic heterocycles. The zero-order chi connectivity index (χ0) is 14.0. The molecule has 2 aromatic rings. The van der Waals surface area contributed by atoms with Crippen molar-refractivity contribution in [3.8, 4) is 0 Å². The normalized spacial score (nSPS) is 10.9. The van der Waals surface area contributed by atoms with Crippen LogP contribution in [0.3, 0.4) is 0 Å². The number of aryl methyl sites for hydroxylation is 1. The standard InChI is InChI=1S/C12H12ClF2N3O/c1-16-11(19)2-3-18-9-5-7(14)4-8(15)12(9)17-10(18)6-13/h4-5H,2-3,6H2,1H3,(H,16,19). The van der Waals surface area contributed by atoms with E-state index in [1.165, 1.54) is 13.1 Å². The summed E-state index contributed by atoms with van der Waals surface area (Å²) in [7, 11) is 1.52. The van der Waals surface area contributed by atoms with Gasteiger partial charge in [0.25, 0.3) is 0 Å². The van der Waals surface area contributed by atoms with Crippen molar-refractivity contribution in [2.45, 2.75) is 18.8 Å². The second kappa shape index (κ2) is 5.52. The number of aromatic nitrogens is 2. The lowest BCUT2D eigenvalue weighted by Crippen LogP contribution is -2.20. The first kappa shape index (κ1) is 13.7. The van der Waals surface area contributed by atoms with Crippen molar-refractivity contribution in [1.29, 1.82) is 0 Å². The summed E-state index contributed by atoms with van der Waals surface area (Å²) in [5.41, 5.74) is 0.367. The monoisotopic (exact) mass is 287 g/mol. The molecule has 0 unspecified atom stereocenters. The van der Waals surface area contributed by atoms with Crippen molar-refractivity contribution in [3.05, 3.63) is 29.6 Å². The zero-order valence-electron chi connectivity index (χ0n) is 10.2. The van der Waals surface area contributed by atoms with Crippen LogP contribution in [0, 0.1) is 11.6 Å². The average molecular weight is 288 g/mol. The van der Waals surface area contributed by atoms with E-state index in [4.69, 9.17) is 11.6 Å². The summed E-state index contributed by atoms with van der Waals surface area (Å²) in [6.45, 7) is 0.265. The molecule has 19 heavy (non-hydrogen) atoms. The van der Waals surface area contributed by atoms with E-state index < -0.39 is 11.6 Å². The number of carbonyl (C=O) groups excluding carboxylic acids is 1. The van der Waals surface area contributed by atoms with Crippen molar-refractivity contribution in [3.63, 3.8) is 0 Å². The molecule has 0 radical (unpaired) electrons. The fraction of sp³-hybridized carbons (Fsp3) is 0.333. The third-order valence-corrected chi connectivity index (χ3v) is 3.05. The number of benzene rings is 1. The van der Waals surface area contributed by atoms with E-state index in [-0.39, 0.29) is 30.3 Å². The number of imidazole rings is 1. The third kappa shape index (κ3) is 2.68. The lowest BCUT2D eigenvalue weighted by Gasteiger charge is -2.07. The third-order valence-electron chi connectivity index (χ3n) is 2.81. The summed E-state index contributed by atoms with van der Waals surface area (Å²) < 4.78 is 28.4. The Labute approximate surface area is 113 Å². The van der Waals surface area contributed by atoms with Crippen LogP contribution >= 0.6 is 11.6 Å². The van der Waals surface area contributed by atoms with Crippen LogP contribution in [0.15, 0.2) is 12.1 Å². The molecular formula is C12H12ClF2N3O. The minimum Gasteiger partial charge on any atom is -0.359 e. The number of carbonyl (C=O) groups is 1. The van der Waals surface area contributed by atoms with Gasteiger partial charge in [-0.15, -0.1) is 11.6 Å². The number of hydrogen-bond donors (Lipinski definition) is 1. The van der Waals surface area contributed by atoms with Gasteiger partial charge < -0.3 is 9.88 Å². The number of hydrogen-bond acceptors (Lipinski definition) is 2. The van der Waals surface area contributed by atoms with Gasteiger partial charge in [-0.1, -0.05) is 0 Å². The Morgan fingerprint density at radius 3 is 2.84 bits per heavy atom. The number of nitrogens with one attached hydrogen (secondary N) is 1. The molecule has 0 saturated carbocycles. The number of alkyl halides is 1. The van der Waals surface area contributed by atoms with Gasteiger partial charge in [-0.05, 0) is 6.07 Å².